The van der Waals surface area contributed by atoms with Gasteiger partial charge in [-0.25, -0.2) is 0 Å². The zero-order chi connectivity index (χ0) is 12.1. The summed E-state index contributed by atoms with van der Waals surface area (Å²) < 4.78 is 5.87. The van der Waals surface area contributed by atoms with Crippen LogP contribution in [0.25, 0.3) is 11.0 Å². The van der Waals surface area contributed by atoms with Crippen LogP contribution in [0.3, 0.4) is 0 Å². The van der Waals surface area contributed by atoms with Gasteiger partial charge in [-0.1, -0.05) is 38.5 Å². The fourth-order valence-electron chi connectivity index (χ4n) is 2.14. The molecule has 0 unspecified atom stereocenters. The second kappa shape index (κ2) is 5.87. The molecule has 2 aromatic rings. The third-order valence-corrected chi connectivity index (χ3v) is 3.11. The van der Waals surface area contributed by atoms with Crippen LogP contribution in [0.2, 0.25) is 0 Å². The molecule has 0 bridgehead atoms. The van der Waals surface area contributed by atoms with Crippen molar-refractivity contribution in [3.8, 4) is 0 Å². The zero-order valence-corrected chi connectivity index (χ0v) is 10.8. The number of nitrogens with one attached hydrogen (secondary N) is 1. The van der Waals surface area contributed by atoms with E-state index in [1.54, 1.807) is 0 Å². The van der Waals surface area contributed by atoms with Crippen molar-refractivity contribution in [1.82, 2.24) is 5.32 Å². The van der Waals surface area contributed by atoms with Crippen molar-refractivity contribution in [2.45, 2.75) is 39.7 Å². The Morgan fingerprint density at radius 3 is 2.76 bits per heavy atom. The summed E-state index contributed by atoms with van der Waals surface area (Å²) in [5.41, 5.74) is 2.34. The molecule has 1 heterocycles. The largest absolute Gasteiger partial charge is 0.461 e. The molecule has 2 nitrogen and oxygen atoms in total. The highest BCUT2D eigenvalue weighted by Gasteiger charge is 2.11. The summed E-state index contributed by atoms with van der Waals surface area (Å²) in [6, 6.07) is 8.30. The second-order valence-electron chi connectivity index (χ2n) is 4.38. The van der Waals surface area contributed by atoms with Gasteiger partial charge in [0.25, 0.3) is 0 Å². The van der Waals surface area contributed by atoms with Crippen LogP contribution in [0.15, 0.2) is 28.7 Å². The minimum absolute atomic E-state index is 0.917. The Morgan fingerprint density at radius 1 is 1.18 bits per heavy atom. The number of para-hydroxylation sites is 1. The van der Waals surface area contributed by atoms with Crippen LogP contribution in [0.5, 0.6) is 0 Å². The number of unbranched alkanes of at least 4 members (excludes halogenated alkanes) is 1. The zero-order valence-electron chi connectivity index (χ0n) is 10.8. The maximum atomic E-state index is 5.87. The maximum Gasteiger partial charge on any atom is 0.134 e. The fraction of sp³-hybridized carbons (Fsp3) is 0.467. The molecule has 0 atom stereocenters. The van der Waals surface area contributed by atoms with Gasteiger partial charge in [0, 0.05) is 23.9 Å². The Bertz CT molecular complexity index is 473. The Hall–Kier alpha value is -1.28. The van der Waals surface area contributed by atoms with E-state index < -0.39 is 0 Å². The van der Waals surface area contributed by atoms with Crippen molar-refractivity contribution < 1.29 is 4.42 Å². The van der Waals surface area contributed by atoms with E-state index in [0.717, 1.165) is 30.9 Å². The molecule has 0 aliphatic heterocycles. The third-order valence-electron chi connectivity index (χ3n) is 3.11. The topological polar surface area (TPSA) is 25.2 Å². The van der Waals surface area contributed by atoms with Gasteiger partial charge in [-0.2, -0.15) is 0 Å². The smallest absolute Gasteiger partial charge is 0.134 e. The Balaban J connectivity index is 2.18. The molecule has 0 amide bonds. The second-order valence-corrected chi connectivity index (χ2v) is 4.38. The van der Waals surface area contributed by atoms with Crippen LogP contribution in [-0.4, -0.2) is 6.54 Å². The van der Waals surface area contributed by atoms with Crippen LogP contribution < -0.4 is 5.32 Å². The summed E-state index contributed by atoms with van der Waals surface area (Å²) in [6.45, 7) is 6.36. The van der Waals surface area contributed by atoms with E-state index in [0.29, 0.717) is 0 Å². The molecule has 0 spiro atoms. The van der Waals surface area contributed by atoms with Gasteiger partial charge in [0.1, 0.15) is 11.3 Å². The van der Waals surface area contributed by atoms with Crippen molar-refractivity contribution >= 4 is 11.0 Å². The molecular formula is C15H21NO. The van der Waals surface area contributed by atoms with Gasteiger partial charge in [0.15, 0.2) is 0 Å². The lowest BCUT2D eigenvalue weighted by molar-refractivity contribution is 0.542. The molecule has 2 heteroatoms. The lowest BCUT2D eigenvalue weighted by atomic mass is 10.1. The molecule has 1 N–H and O–H groups in total. The standard InChI is InChI=1S/C15H21NO/c1-3-5-10-16-11-13-12-8-6-7-9-15(12)17-14(13)4-2/h6-9,16H,3-5,10-11H2,1-2H3. The van der Waals surface area contributed by atoms with Gasteiger partial charge in [-0.15, -0.1) is 0 Å². The Labute approximate surface area is 103 Å². The number of aryl methyl sites for hydroxylation is 1. The molecule has 0 aliphatic rings. The van der Waals surface area contributed by atoms with Crippen molar-refractivity contribution in [1.29, 1.82) is 0 Å². The predicted octanol–water partition coefficient (Wildman–Crippen LogP) is 3.88. The molecule has 0 aliphatic carbocycles. The minimum atomic E-state index is 0.917. The van der Waals surface area contributed by atoms with E-state index in [4.69, 9.17) is 4.42 Å². The average Bonchev–Trinajstić information content (AvgIpc) is 2.73. The number of benzene rings is 1. The van der Waals surface area contributed by atoms with Crippen LogP contribution >= 0.6 is 0 Å². The molecule has 0 radical (unpaired) electrons. The highest BCUT2D eigenvalue weighted by molar-refractivity contribution is 5.82. The van der Waals surface area contributed by atoms with Gasteiger partial charge < -0.3 is 9.73 Å². The van der Waals surface area contributed by atoms with Crippen LogP contribution in [0.1, 0.15) is 38.0 Å². The van der Waals surface area contributed by atoms with Gasteiger partial charge in [-0.05, 0) is 19.0 Å². The molecular weight excluding hydrogens is 210 g/mol. The van der Waals surface area contributed by atoms with Gasteiger partial charge in [-0.3, -0.25) is 0 Å². The summed E-state index contributed by atoms with van der Waals surface area (Å²) in [4.78, 5) is 0. The minimum Gasteiger partial charge on any atom is -0.461 e. The van der Waals surface area contributed by atoms with Crippen LogP contribution in [-0.2, 0) is 13.0 Å². The highest BCUT2D eigenvalue weighted by atomic mass is 16.3. The normalized spacial score (nSPS) is 11.2. The lowest BCUT2D eigenvalue weighted by Crippen LogP contribution is -2.15. The van der Waals surface area contributed by atoms with Gasteiger partial charge >= 0.3 is 0 Å². The number of fused-ring (bicyclic) bond motifs is 1. The molecule has 1 aromatic carbocycles. The molecule has 2 rings (SSSR count). The quantitative estimate of drug-likeness (QED) is 0.763. The molecule has 0 saturated heterocycles. The van der Waals surface area contributed by atoms with E-state index in [9.17, 15) is 0 Å². The third kappa shape index (κ3) is 2.70. The lowest BCUT2D eigenvalue weighted by Gasteiger charge is -2.04. The van der Waals surface area contributed by atoms with Crippen LogP contribution in [0, 0.1) is 0 Å². The van der Waals surface area contributed by atoms with E-state index in [2.05, 4.69) is 31.3 Å². The number of furan rings is 1. The van der Waals surface area contributed by atoms with Crippen molar-refractivity contribution in [3.05, 3.63) is 35.6 Å². The summed E-state index contributed by atoms with van der Waals surface area (Å²) in [7, 11) is 0. The fourth-order valence-corrected chi connectivity index (χ4v) is 2.14. The molecule has 92 valence electrons. The monoisotopic (exact) mass is 231 g/mol. The highest BCUT2D eigenvalue weighted by Crippen LogP contribution is 2.26. The molecule has 1 aromatic heterocycles. The Kier molecular flexibility index (Phi) is 4.21. The average molecular weight is 231 g/mol. The first kappa shape index (κ1) is 12.2. The number of rotatable bonds is 6. The Morgan fingerprint density at radius 2 is 2.00 bits per heavy atom. The predicted molar refractivity (Wildman–Crippen MR) is 72.2 cm³/mol. The maximum absolute atomic E-state index is 5.87. The van der Waals surface area contributed by atoms with Gasteiger partial charge in [0.2, 0.25) is 0 Å². The SMILES string of the molecule is CCCCNCc1c(CC)oc2ccccc12. The van der Waals surface area contributed by atoms with E-state index in [1.165, 1.54) is 23.8 Å². The molecule has 0 saturated carbocycles. The summed E-state index contributed by atoms with van der Waals surface area (Å²) in [5.74, 6) is 1.12. The first-order valence-electron chi connectivity index (χ1n) is 6.56. The number of hydrogen-bond acceptors (Lipinski definition) is 2. The van der Waals surface area contributed by atoms with Crippen molar-refractivity contribution in [2.24, 2.45) is 0 Å². The summed E-state index contributed by atoms with van der Waals surface area (Å²) in [5, 5.41) is 4.75. The first-order valence-corrected chi connectivity index (χ1v) is 6.56. The van der Waals surface area contributed by atoms with Gasteiger partial charge in [0.05, 0.1) is 0 Å². The first-order chi connectivity index (χ1) is 8.36. The molecule has 0 fully saturated rings. The molecule has 17 heavy (non-hydrogen) atoms. The summed E-state index contributed by atoms with van der Waals surface area (Å²) >= 11 is 0. The van der Waals surface area contributed by atoms with E-state index in [1.807, 2.05) is 12.1 Å². The van der Waals surface area contributed by atoms with Crippen molar-refractivity contribution in [3.63, 3.8) is 0 Å². The van der Waals surface area contributed by atoms with Crippen LogP contribution in [0.4, 0.5) is 0 Å². The van der Waals surface area contributed by atoms with E-state index in [-0.39, 0.29) is 0 Å². The van der Waals surface area contributed by atoms with E-state index >= 15 is 0 Å². The van der Waals surface area contributed by atoms with Crippen molar-refractivity contribution in [2.75, 3.05) is 6.54 Å². The summed E-state index contributed by atoms with van der Waals surface area (Å²) in [6.07, 6.45) is 3.43. The number of hydrogen-bond donors (Lipinski definition) is 1.